The maximum atomic E-state index is 10.9. The highest BCUT2D eigenvalue weighted by molar-refractivity contribution is 6.41. The fraction of sp³-hybridized carbons (Fsp3) is 0. The van der Waals surface area contributed by atoms with E-state index in [4.69, 9.17) is 33.4 Å². The second-order valence-corrected chi connectivity index (χ2v) is 3.72. The van der Waals surface area contributed by atoms with E-state index < -0.39 is 23.4 Å². The SMILES string of the molecule is O=C(O)C(=O)Nc1c(Cl)cc(Cl)cc1C(=O)O. The molecule has 0 atom stereocenters. The number of hydrogen-bond donors (Lipinski definition) is 3. The fourth-order valence-electron chi connectivity index (χ4n) is 1.04. The van der Waals surface area contributed by atoms with Crippen molar-refractivity contribution in [3.63, 3.8) is 0 Å². The van der Waals surface area contributed by atoms with Gasteiger partial charge in [0.1, 0.15) is 0 Å². The fourth-order valence-corrected chi connectivity index (χ4v) is 1.58. The number of amides is 1. The maximum absolute atomic E-state index is 10.9. The smallest absolute Gasteiger partial charge is 0.394 e. The lowest BCUT2D eigenvalue weighted by molar-refractivity contribution is -0.147. The Hall–Kier alpha value is -1.79. The van der Waals surface area contributed by atoms with Crippen LogP contribution in [0.1, 0.15) is 10.4 Å². The highest BCUT2D eigenvalue weighted by atomic mass is 35.5. The van der Waals surface area contributed by atoms with Gasteiger partial charge in [0.2, 0.25) is 0 Å². The van der Waals surface area contributed by atoms with Gasteiger partial charge in [-0.05, 0) is 12.1 Å². The molecule has 0 radical (unpaired) electrons. The molecule has 0 fully saturated rings. The second-order valence-electron chi connectivity index (χ2n) is 2.87. The highest BCUT2D eigenvalue weighted by Crippen LogP contribution is 2.30. The molecule has 6 nitrogen and oxygen atoms in total. The average molecular weight is 278 g/mol. The van der Waals surface area contributed by atoms with Crippen molar-refractivity contribution in [2.24, 2.45) is 0 Å². The maximum Gasteiger partial charge on any atom is 0.394 e. The predicted molar refractivity (Wildman–Crippen MR) is 59.7 cm³/mol. The lowest BCUT2D eigenvalue weighted by Gasteiger charge is -2.09. The topological polar surface area (TPSA) is 104 Å². The number of carboxylic acid groups (broad SMARTS) is 2. The van der Waals surface area contributed by atoms with Gasteiger partial charge in [0, 0.05) is 5.02 Å². The van der Waals surface area contributed by atoms with Crippen LogP contribution in [0.5, 0.6) is 0 Å². The highest BCUT2D eigenvalue weighted by Gasteiger charge is 2.20. The second kappa shape index (κ2) is 5.03. The quantitative estimate of drug-likeness (QED) is 0.714. The molecular weight excluding hydrogens is 273 g/mol. The third kappa shape index (κ3) is 3.08. The standard InChI is InChI=1S/C9H5Cl2NO5/c10-3-1-4(8(14)15)6(5(11)2-3)12-7(13)9(16)17/h1-2H,(H,12,13)(H,14,15)(H,16,17). The Kier molecular flexibility index (Phi) is 3.93. The molecule has 0 aliphatic carbocycles. The molecule has 1 aromatic rings. The molecule has 3 N–H and O–H groups in total. The molecule has 1 amide bonds. The Balaban J connectivity index is 3.26. The van der Waals surface area contributed by atoms with Gasteiger partial charge in [0.25, 0.3) is 0 Å². The Morgan fingerprint density at radius 1 is 1.12 bits per heavy atom. The van der Waals surface area contributed by atoms with E-state index in [1.54, 1.807) is 0 Å². The van der Waals surface area contributed by atoms with Gasteiger partial charge in [-0.15, -0.1) is 0 Å². The first-order chi connectivity index (χ1) is 7.82. The number of aromatic carboxylic acids is 1. The van der Waals surface area contributed by atoms with E-state index in [-0.39, 0.29) is 15.7 Å². The third-order valence-electron chi connectivity index (χ3n) is 1.72. The molecule has 0 bridgehead atoms. The normalized spacial score (nSPS) is 9.76. The van der Waals surface area contributed by atoms with Crippen LogP contribution in [0.15, 0.2) is 12.1 Å². The molecule has 90 valence electrons. The third-order valence-corrected chi connectivity index (χ3v) is 2.23. The first-order valence-electron chi connectivity index (χ1n) is 4.09. The number of hydrogen-bond acceptors (Lipinski definition) is 3. The number of halogens is 2. The Labute approximate surface area is 105 Å². The van der Waals surface area contributed by atoms with Gasteiger partial charge in [-0.3, -0.25) is 4.79 Å². The molecule has 0 heterocycles. The monoisotopic (exact) mass is 277 g/mol. The molecular formula is C9H5Cl2NO5. The van der Waals surface area contributed by atoms with Crippen LogP contribution in [-0.2, 0) is 9.59 Å². The summed E-state index contributed by atoms with van der Waals surface area (Å²) in [5, 5.41) is 19.0. The first-order valence-corrected chi connectivity index (χ1v) is 4.85. The van der Waals surface area contributed by atoms with Crippen LogP contribution < -0.4 is 5.32 Å². The van der Waals surface area contributed by atoms with Crippen LogP contribution in [0.25, 0.3) is 0 Å². The van der Waals surface area contributed by atoms with Gasteiger partial charge in [0.05, 0.1) is 16.3 Å². The van der Waals surface area contributed by atoms with Gasteiger partial charge in [-0.25, -0.2) is 9.59 Å². The zero-order chi connectivity index (χ0) is 13.2. The van der Waals surface area contributed by atoms with Crippen LogP contribution in [0, 0.1) is 0 Å². The van der Waals surface area contributed by atoms with Gasteiger partial charge in [-0.1, -0.05) is 23.2 Å². The Morgan fingerprint density at radius 3 is 2.18 bits per heavy atom. The minimum Gasteiger partial charge on any atom is -0.478 e. The van der Waals surface area contributed by atoms with E-state index in [1.807, 2.05) is 5.32 Å². The lowest BCUT2D eigenvalue weighted by atomic mass is 10.1. The summed E-state index contributed by atoms with van der Waals surface area (Å²) in [4.78, 5) is 32.1. The number of carboxylic acids is 2. The van der Waals surface area contributed by atoms with Crippen LogP contribution in [-0.4, -0.2) is 28.1 Å². The number of carbonyl (C=O) groups excluding carboxylic acids is 1. The van der Waals surface area contributed by atoms with Crippen molar-refractivity contribution in [1.82, 2.24) is 0 Å². The molecule has 8 heteroatoms. The molecule has 0 saturated carbocycles. The van der Waals surface area contributed by atoms with E-state index in [1.165, 1.54) is 6.07 Å². The number of aliphatic carboxylic acids is 1. The van der Waals surface area contributed by atoms with Crippen molar-refractivity contribution in [2.45, 2.75) is 0 Å². The summed E-state index contributed by atoms with van der Waals surface area (Å²) in [5.41, 5.74) is -0.701. The zero-order valence-electron chi connectivity index (χ0n) is 8.03. The number of carbonyl (C=O) groups is 3. The van der Waals surface area contributed by atoms with E-state index in [0.29, 0.717) is 0 Å². The van der Waals surface area contributed by atoms with Crippen LogP contribution in [0.4, 0.5) is 5.69 Å². The van der Waals surface area contributed by atoms with E-state index in [2.05, 4.69) is 0 Å². The minimum absolute atomic E-state index is 0.0562. The van der Waals surface area contributed by atoms with Gasteiger partial charge < -0.3 is 15.5 Å². The van der Waals surface area contributed by atoms with Crippen molar-refractivity contribution in [3.05, 3.63) is 27.7 Å². The van der Waals surface area contributed by atoms with Gasteiger partial charge >= 0.3 is 17.8 Å². The molecule has 0 unspecified atom stereocenters. The Morgan fingerprint density at radius 2 is 1.71 bits per heavy atom. The van der Waals surface area contributed by atoms with Crippen molar-refractivity contribution < 1.29 is 24.6 Å². The van der Waals surface area contributed by atoms with Crippen molar-refractivity contribution in [3.8, 4) is 0 Å². The Bertz CT molecular complexity index is 514. The zero-order valence-corrected chi connectivity index (χ0v) is 9.54. The molecule has 0 aliphatic heterocycles. The molecule has 0 aromatic heterocycles. The number of benzene rings is 1. The summed E-state index contributed by atoms with van der Waals surface area (Å²) >= 11 is 11.3. The van der Waals surface area contributed by atoms with Gasteiger partial charge in [0.15, 0.2) is 0 Å². The van der Waals surface area contributed by atoms with Gasteiger partial charge in [-0.2, -0.15) is 0 Å². The summed E-state index contributed by atoms with van der Waals surface area (Å²) in [6.45, 7) is 0. The number of rotatable bonds is 2. The summed E-state index contributed by atoms with van der Waals surface area (Å²) in [6, 6.07) is 2.24. The molecule has 0 spiro atoms. The van der Waals surface area contributed by atoms with Crippen LogP contribution in [0.2, 0.25) is 10.0 Å². The first kappa shape index (κ1) is 13.3. The summed E-state index contributed by atoms with van der Waals surface area (Å²) in [7, 11) is 0. The van der Waals surface area contributed by atoms with Crippen molar-refractivity contribution >= 4 is 46.7 Å². The predicted octanol–water partition coefficient (Wildman–Crippen LogP) is 1.71. The van der Waals surface area contributed by atoms with E-state index in [0.717, 1.165) is 6.07 Å². The van der Waals surface area contributed by atoms with Crippen molar-refractivity contribution in [2.75, 3.05) is 5.32 Å². The van der Waals surface area contributed by atoms with Crippen LogP contribution >= 0.6 is 23.2 Å². The molecule has 17 heavy (non-hydrogen) atoms. The summed E-state index contributed by atoms with van der Waals surface area (Å²) < 4.78 is 0. The van der Waals surface area contributed by atoms with Crippen molar-refractivity contribution in [1.29, 1.82) is 0 Å². The molecule has 0 aliphatic rings. The van der Waals surface area contributed by atoms with Crippen LogP contribution in [0.3, 0.4) is 0 Å². The van der Waals surface area contributed by atoms with E-state index in [9.17, 15) is 14.4 Å². The van der Waals surface area contributed by atoms with E-state index >= 15 is 0 Å². The lowest BCUT2D eigenvalue weighted by Crippen LogP contribution is -2.23. The molecule has 1 aromatic carbocycles. The number of anilines is 1. The minimum atomic E-state index is -1.76. The average Bonchev–Trinajstić information content (AvgIpc) is 2.20. The molecule has 0 saturated heterocycles. The number of nitrogens with one attached hydrogen (secondary N) is 1. The summed E-state index contributed by atoms with van der Waals surface area (Å²) in [5.74, 6) is -4.54. The summed E-state index contributed by atoms with van der Waals surface area (Å²) in [6.07, 6.45) is 0. The molecule has 1 rings (SSSR count). The largest absolute Gasteiger partial charge is 0.478 e.